The Balaban J connectivity index is 3.09. The van der Waals surface area contributed by atoms with E-state index in [1.54, 1.807) is 0 Å². The van der Waals surface area contributed by atoms with E-state index in [0.717, 1.165) is 6.07 Å². The van der Waals surface area contributed by atoms with E-state index >= 15 is 0 Å². The van der Waals surface area contributed by atoms with E-state index in [-0.39, 0.29) is 16.5 Å². The van der Waals surface area contributed by atoms with E-state index in [0.29, 0.717) is 11.8 Å². The van der Waals surface area contributed by atoms with Gasteiger partial charge in [0.1, 0.15) is 12.1 Å². The zero-order valence-corrected chi connectivity index (χ0v) is 8.49. The third-order valence-electron chi connectivity index (χ3n) is 1.40. The number of carbonyl (C=O) groups is 1. The van der Waals surface area contributed by atoms with Gasteiger partial charge in [-0.25, -0.2) is 4.39 Å². The summed E-state index contributed by atoms with van der Waals surface area (Å²) in [6.07, 6.45) is 0.742. The molecule has 0 spiro atoms. The SMILES string of the molecule is O=CCC#Cc1cc(Cl)cc(F)c1Cl. The summed E-state index contributed by atoms with van der Waals surface area (Å²) < 4.78 is 13.0. The third kappa shape index (κ3) is 2.73. The molecule has 1 aromatic carbocycles. The summed E-state index contributed by atoms with van der Waals surface area (Å²) in [5.74, 6) is 4.46. The van der Waals surface area contributed by atoms with Crippen molar-refractivity contribution < 1.29 is 9.18 Å². The topological polar surface area (TPSA) is 17.1 Å². The van der Waals surface area contributed by atoms with Gasteiger partial charge in [-0.05, 0) is 12.1 Å². The van der Waals surface area contributed by atoms with Crippen LogP contribution in [-0.4, -0.2) is 6.29 Å². The highest BCUT2D eigenvalue weighted by Crippen LogP contribution is 2.23. The van der Waals surface area contributed by atoms with E-state index in [4.69, 9.17) is 23.2 Å². The quantitative estimate of drug-likeness (QED) is 0.412. The first kappa shape index (κ1) is 11.0. The number of benzene rings is 1. The summed E-state index contributed by atoms with van der Waals surface area (Å²) in [4.78, 5) is 9.98. The van der Waals surface area contributed by atoms with Crippen LogP contribution in [0.15, 0.2) is 12.1 Å². The summed E-state index contributed by atoms with van der Waals surface area (Å²) in [5, 5.41) is 0.148. The zero-order chi connectivity index (χ0) is 10.6. The van der Waals surface area contributed by atoms with E-state index in [9.17, 15) is 9.18 Å². The first-order chi connectivity index (χ1) is 6.65. The molecule has 0 aliphatic heterocycles. The van der Waals surface area contributed by atoms with Crippen LogP contribution in [0.2, 0.25) is 10.0 Å². The van der Waals surface area contributed by atoms with Crippen molar-refractivity contribution in [3.05, 3.63) is 33.6 Å². The Labute approximate surface area is 90.8 Å². The molecule has 0 amide bonds. The van der Waals surface area contributed by atoms with Crippen molar-refractivity contribution in [2.75, 3.05) is 0 Å². The van der Waals surface area contributed by atoms with Crippen molar-refractivity contribution in [3.8, 4) is 11.8 Å². The number of carbonyl (C=O) groups excluding carboxylic acids is 1. The smallest absolute Gasteiger partial charge is 0.144 e. The van der Waals surface area contributed by atoms with Crippen LogP contribution in [0.4, 0.5) is 4.39 Å². The molecule has 14 heavy (non-hydrogen) atoms. The molecule has 0 saturated heterocycles. The van der Waals surface area contributed by atoms with Gasteiger partial charge in [-0.1, -0.05) is 35.0 Å². The minimum absolute atomic E-state index is 0.0761. The van der Waals surface area contributed by atoms with Gasteiger partial charge in [-0.15, -0.1) is 0 Å². The fourth-order valence-electron chi connectivity index (χ4n) is 0.835. The second-order valence-electron chi connectivity index (χ2n) is 2.42. The maximum atomic E-state index is 13.0. The Morgan fingerprint density at radius 1 is 1.43 bits per heavy atom. The molecular weight excluding hydrogens is 226 g/mol. The summed E-state index contributed by atoms with van der Waals surface area (Å²) in [5.41, 5.74) is 0.290. The van der Waals surface area contributed by atoms with Gasteiger partial charge in [0.15, 0.2) is 0 Å². The van der Waals surface area contributed by atoms with Gasteiger partial charge in [0, 0.05) is 10.6 Å². The molecule has 72 valence electrons. The molecule has 1 rings (SSSR count). The average Bonchev–Trinajstić information content (AvgIpc) is 2.13. The lowest BCUT2D eigenvalue weighted by atomic mass is 10.2. The van der Waals surface area contributed by atoms with Crippen LogP contribution in [-0.2, 0) is 4.79 Å². The molecule has 0 bridgehead atoms. The van der Waals surface area contributed by atoms with Crippen LogP contribution in [0.25, 0.3) is 0 Å². The number of hydrogen-bond acceptors (Lipinski definition) is 1. The lowest BCUT2D eigenvalue weighted by Gasteiger charge is -1.98. The zero-order valence-electron chi connectivity index (χ0n) is 6.98. The maximum absolute atomic E-state index is 13.0. The van der Waals surface area contributed by atoms with Crippen LogP contribution >= 0.6 is 23.2 Å². The summed E-state index contributed by atoms with van der Waals surface area (Å²) >= 11 is 11.2. The maximum Gasteiger partial charge on any atom is 0.144 e. The van der Waals surface area contributed by atoms with Crippen LogP contribution in [0.3, 0.4) is 0 Å². The summed E-state index contributed by atoms with van der Waals surface area (Å²) in [6.45, 7) is 0. The van der Waals surface area contributed by atoms with Gasteiger partial charge < -0.3 is 4.79 Å². The van der Waals surface area contributed by atoms with Gasteiger partial charge in [-0.3, -0.25) is 0 Å². The fraction of sp³-hybridized carbons (Fsp3) is 0.100. The molecule has 1 aromatic rings. The van der Waals surface area contributed by atoms with Crippen LogP contribution < -0.4 is 0 Å². The summed E-state index contributed by atoms with van der Waals surface area (Å²) in [6, 6.07) is 2.56. The molecule has 0 heterocycles. The number of rotatable bonds is 1. The van der Waals surface area contributed by atoms with Gasteiger partial charge in [0.2, 0.25) is 0 Å². The van der Waals surface area contributed by atoms with Crippen molar-refractivity contribution in [2.45, 2.75) is 6.42 Å². The van der Waals surface area contributed by atoms with E-state index in [1.165, 1.54) is 6.07 Å². The van der Waals surface area contributed by atoms with Gasteiger partial charge in [0.05, 0.1) is 11.4 Å². The predicted molar refractivity (Wildman–Crippen MR) is 54.0 cm³/mol. The average molecular weight is 231 g/mol. The van der Waals surface area contributed by atoms with Crippen LogP contribution in [0.1, 0.15) is 12.0 Å². The number of halogens is 3. The van der Waals surface area contributed by atoms with E-state index in [2.05, 4.69) is 11.8 Å². The lowest BCUT2D eigenvalue weighted by molar-refractivity contribution is -0.107. The highest BCUT2D eigenvalue weighted by molar-refractivity contribution is 6.34. The van der Waals surface area contributed by atoms with Crippen molar-refractivity contribution in [3.63, 3.8) is 0 Å². The van der Waals surface area contributed by atoms with Gasteiger partial charge in [0.25, 0.3) is 0 Å². The highest BCUT2D eigenvalue weighted by atomic mass is 35.5. The van der Waals surface area contributed by atoms with Crippen molar-refractivity contribution in [1.29, 1.82) is 0 Å². The molecule has 0 fully saturated rings. The van der Waals surface area contributed by atoms with Crippen LogP contribution in [0, 0.1) is 17.7 Å². The fourth-order valence-corrected chi connectivity index (χ4v) is 1.20. The lowest BCUT2D eigenvalue weighted by Crippen LogP contribution is -1.83. The second kappa shape index (κ2) is 4.99. The van der Waals surface area contributed by atoms with E-state index in [1.807, 2.05) is 0 Å². The first-order valence-corrected chi connectivity index (χ1v) is 4.48. The summed E-state index contributed by atoms with van der Waals surface area (Å²) in [7, 11) is 0. The molecule has 0 aliphatic carbocycles. The Morgan fingerprint density at radius 2 is 2.14 bits per heavy atom. The monoisotopic (exact) mass is 230 g/mol. The molecule has 4 heteroatoms. The first-order valence-electron chi connectivity index (χ1n) is 3.72. The molecule has 0 atom stereocenters. The predicted octanol–water partition coefficient (Wildman–Crippen LogP) is 3.07. The van der Waals surface area contributed by atoms with Gasteiger partial charge in [-0.2, -0.15) is 0 Å². The molecule has 0 saturated carbocycles. The van der Waals surface area contributed by atoms with E-state index < -0.39 is 5.82 Å². The Kier molecular flexibility index (Phi) is 3.94. The van der Waals surface area contributed by atoms with Crippen LogP contribution in [0.5, 0.6) is 0 Å². The molecule has 0 radical (unpaired) electrons. The number of aldehydes is 1. The molecule has 0 aliphatic rings. The molecule has 0 unspecified atom stereocenters. The van der Waals surface area contributed by atoms with Gasteiger partial charge >= 0.3 is 0 Å². The second-order valence-corrected chi connectivity index (χ2v) is 3.24. The molecular formula is C10H5Cl2FO. The molecule has 0 aromatic heterocycles. The van der Waals surface area contributed by atoms with Crippen molar-refractivity contribution >= 4 is 29.5 Å². The minimum atomic E-state index is -0.616. The minimum Gasteiger partial charge on any atom is -0.302 e. The molecule has 0 N–H and O–H groups in total. The Bertz CT molecular complexity index is 418. The largest absolute Gasteiger partial charge is 0.302 e. The van der Waals surface area contributed by atoms with Crippen molar-refractivity contribution in [1.82, 2.24) is 0 Å². The Hall–Kier alpha value is -1.04. The highest BCUT2D eigenvalue weighted by Gasteiger charge is 2.05. The number of hydrogen-bond donors (Lipinski definition) is 0. The standard InChI is InChI=1S/C10H5Cl2FO/c11-8-5-7(3-1-2-4-14)10(12)9(13)6-8/h4-6H,2H2. The Morgan fingerprint density at radius 3 is 2.79 bits per heavy atom. The molecule has 1 nitrogen and oxygen atoms in total. The normalized spacial score (nSPS) is 9.07. The third-order valence-corrected chi connectivity index (χ3v) is 2.00. The van der Waals surface area contributed by atoms with Crippen molar-refractivity contribution in [2.24, 2.45) is 0 Å².